The Hall–Kier alpha value is 0. The smallest absolute Gasteiger partial charge is 0.0354 e. The third-order valence-corrected chi connectivity index (χ3v) is 3.48. The highest BCUT2D eigenvalue weighted by Crippen LogP contribution is 2.40. The molecule has 0 amide bonds. The molecule has 0 aromatic carbocycles. The summed E-state index contributed by atoms with van der Waals surface area (Å²) in [6.45, 7) is 18.7. The first-order chi connectivity index (χ1) is 5.07. The second-order valence-electron chi connectivity index (χ2n) is 6.31. The van der Waals surface area contributed by atoms with Gasteiger partial charge in [0.2, 0.25) is 0 Å². The number of hydrogen-bond donors (Lipinski definition) is 0. The van der Waals surface area contributed by atoms with Gasteiger partial charge in [-0.3, -0.25) is 0 Å². The van der Waals surface area contributed by atoms with E-state index in [1.165, 1.54) is 0 Å². The summed E-state index contributed by atoms with van der Waals surface area (Å²) in [6.07, 6.45) is 0. The van der Waals surface area contributed by atoms with Gasteiger partial charge in [-0.15, -0.1) is 0 Å². The molecule has 0 saturated carbocycles. The van der Waals surface area contributed by atoms with E-state index in [0.29, 0.717) is 10.8 Å². The summed E-state index contributed by atoms with van der Waals surface area (Å²) in [5.41, 5.74) is 0.874. The van der Waals surface area contributed by atoms with E-state index in [4.69, 9.17) is 0 Å². The van der Waals surface area contributed by atoms with Crippen molar-refractivity contribution < 1.29 is 0 Å². The second-order valence-corrected chi connectivity index (χ2v) is 6.31. The molecule has 0 nitrogen and oxygen atoms in total. The SMILES string of the molecule is C[C@@H]([C@H](C)C(C)(C)C)C(C)(C)C. The van der Waals surface area contributed by atoms with Gasteiger partial charge in [0.15, 0.2) is 0 Å². The molecule has 0 aromatic rings. The minimum Gasteiger partial charge on any atom is -0.0617 e. The molecule has 0 radical (unpaired) electrons. The lowest BCUT2D eigenvalue weighted by Gasteiger charge is -2.39. The minimum absolute atomic E-state index is 0.437. The van der Waals surface area contributed by atoms with Crippen molar-refractivity contribution >= 4 is 0 Å². The maximum atomic E-state index is 2.37. The Kier molecular flexibility index (Phi) is 3.40. The molecule has 0 aliphatic rings. The highest BCUT2D eigenvalue weighted by Gasteiger charge is 2.32. The molecular formula is C12H26. The fraction of sp³-hybridized carbons (Fsp3) is 1.00. The standard InChI is InChI=1S/C12H26/c1-9(11(3,4)5)10(2)12(6,7)8/h9-10H,1-8H3/t9-,10-/m0/s1. The van der Waals surface area contributed by atoms with Gasteiger partial charge in [-0.2, -0.15) is 0 Å². The Morgan fingerprint density at radius 2 is 0.750 bits per heavy atom. The predicted octanol–water partition coefficient (Wildman–Crippen LogP) is 4.35. The molecule has 74 valence electrons. The molecule has 0 saturated heterocycles. The van der Waals surface area contributed by atoms with Crippen molar-refractivity contribution in [2.24, 2.45) is 22.7 Å². The summed E-state index contributed by atoms with van der Waals surface area (Å²) >= 11 is 0. The summed E-state index contributed by atoms with van der Waals surface area (Å²) < 4.78 is 0. The van der Waals surface area contributed by atoms with Crippen LogP contribution in [0.3, 0.4) is 0 Å². The van der Waals surface area contributed by atoms with Crippen LogP contribution in [-0.2, 0) is 0 Å². The van der Waals surface area contributed by atoms with Gasteiger partial charge >= 0.3 is 0 Å². The van der Waals surface area contributed by atoms with Crippen LogP contribution in [0.15, 0.2) is 0 Å². The van der Waals surface area contributed by atoms with Gasteiger partial charge in [-0.25, -0.2) is 0 Å². The van der Waals surface area contributed by atoms with Crippen molar-refractivity contribution in [1.82, 2.24) is 0 Å². The molecule has 0 bridgehead atoms. The molecular weight excluding hydrogens is 144 g/mol. The molecule has 0 unspecified atom stereocenters. The van der Waals surface area contributed by atoms with Gasteiger partial charge in [0, 0.05) is 0 Å². The molecule has 0 aliphatic heterocycles. The number of rotatable bonds is 1. The monoisotopic (exact) mass is 170 g/mol. The zero-order chi connectivity index (χ0) is 10.2. The minimum atomic E-state index is 0.437. The Morgan fingerprint density at radius 3 is 0.833 bits per heavy atom. The topological polar surface area (TPSA) is 0 Å². The van der Waals surface area contributed by atoms with Crippen LogP contribution in [0.5, 0.6) is 0 Å². The first-order valence-electron chi connectivity index (χ1n) is 5.07. The zero-order valence-electron chi connectivity index (χ0n) is 10.2. The van der Waals surface area contributed by atoms with E-state index in [2.05, 4.69) is 55.4 Å². The Bertz CT molecular complexity index is 113. The largest absolute Gasteiger partial charge is 0.0617 e. The van der Waals surface area contributed by atoms with Gasteiger partial charge in [-0.1, -0.05) is 55.4 Å². The molecule has 0 fully saturated rings. The number of hydrogen-bond acceptors (Lipinski definition) is 0. The van der Waals surface area contributed by atoms with Crippen molar-refractivity contribution in [3.05, 3.63) is 0 Å². The highest BCUT2D eigenvalue weighted by atomic mass is 14.4. The summed E-state index contributed by atoms with van der Waals surface area (Å²) in [4.78, 5) is 0. The lowest BCUT2D eigenvalue weighted by Crippen LogP contribution is -2.32. The molecule has 0 rings (SSSR count). The Morgan fingerprint density at radius 1 is 0.583 bits per heavy atom. The first kappa shape index (κ1) is 12.0. The maximum Gasteiger partial charge on any atom is -0.0354 e. The quantitative estimate of drug-likeness (QED) is 0.549. The van der Waals surface area contributed by atoms with E-state index in [1.807, 2.05) is 0 Å². The maximum absolute atomic E-state index is 2.37. The van der Waals surface area contributed by atoms with Crippen LogP contribution < -0.4 is 0 Å². The van der Waals surface area contributed by atoms with E-state index >= 15 is 0 Å². The summed E-state index contributed by atoms with van der Waals surface area (Å²) in [7, 11) is 0. The third-order valence-electron chi connectivity index (χ3n) is 3.48. The molecule has 0 N–H and O–H groups in total. The van der Waals surface area contributed by atoms with Crippen molar-refractivity contribution in [3.8, 4) is 0 Å². The van der Waals surface area contributed by atoms with Gasteiger partial charge in [0.25, 0.3) is 0 Å². The van der Waals surface area contributed by atoms with Crippen molar-refractivity contribution in [2.75, 3.05) is 0 Å². The summed E-state index contributed by atoms with van der Waals surface area (Å²) in [5, 5.41) is 0. The van der Waals surface area contributed by atoms with Crippen LogP contribution >= 0.6 is 0 Å². The van der Waals surface area contributed by atoms with E-state index in [9.17, 15) is 0 Å². The molecule has 0 heterocycles. The van der Waals surface area contributed by atoms with Crippen molar-refractivity contribution in [2.45, 2.75) is 55.4 Å². The lowest BCUT2D eigenvalue weighted by atomic mass is 9.66. The van der Waals surface area contributed by atoms with Crippen LogP contribution in [0, 0.1) is 22.7 Å². The molecule has 12 heavy (non-hydrogen) atoms. The molecule has 0 spiro atoms. The Balaban J connectivity index is 4.41. The van der Waals surface area contributed by atoms with E-state index in [1.54, 1.807) is 0 Å². The first-order valence-corrected chi connectivity index (χ1v) is 5.07. The highest BCUT2D eigenvalue weighted by molar-refractivity contribution is 4.81. The van der Waals surface area contributed by atoms with Crippen LogP contribution in [0.25, 0.3) is 0 Å². The average molecular weight is 170 g/mol. The molecule has 0 heteroatoms. The van der Waals surface area contributed by atoms with Gasteiger partial charge in [0.05, 0.1) is 0 Å². The van der Waals surface area contributed by atoms with Crippen molar-refractivity contribution in [1.29, 1.82) is 0 Å². The third kappa shape index (κ3) is 3.16. The van der Waals surface area contributed by atoms with Crippen LogP contribution in [0.1, 0.15) is 55.4 Å². The van der Waals surface area contributed by atoms with Crippen LogP contribution in [0.4, 0.5) is 0 Å². The molecule has 2 atom stereocenters. The van der Waals surface area contributed by atoms with Gasteiger partial charge in [-0.05, 0) is 22.7 Å². The zero-order valence-corrected chi connectivity index (χ0v) is 10.2. The average Bonchev–Trinajstić information content (AvgIpc) is 1.80. The van der Waals surface area contributed by atoms with Crippen molar-refractivity contribution in [3.63, 3.8) is 0 Å². The fourth-order valence-corrected chi connectivity index (χ4v) is 1.50. The van der Waals surface area contributed by atoms with E-state index < -0.39 is 0 Å². The van der Waals surface area contributed by atoms with E-state index in [-0.39, 0.29) is 0 Å². The predicted molar refractivity (Wildman–Crippen MR) is 57.2 cm³/mol. The molecule has 0 aliphatic carbocycles. The van der Waals surface area contributed by atoms with Crippen LogP contribution in [0.2, 0.25) is 0 Å². The normalized spacial score (nSPS) is 19.0. The van der Waals surface area contributed by atoms with Crippen LogP contribution in [-0.4, -0.2) is 0 Å². The van der Waals surface area contributed by atoms with E-state index in [0.717, 1.165) is 11.8 Å². The van der Waals surface area contributed by atoms with Gasteiger partial charge in [0.1, 0.15) is 0 Å². The van der Waals surface area contributed by atoms with Gasteiger partial charge < -0.3 is 0 Å². The summed E-state index contributed by atoms with van der Waals surface area (Å²) in [6, 6.07) is 0. The lowest BCUT2D eigenvalue weighted by molar-refractivity contribution is 0.0992. The fourth-order valence-electron chi connectivity index (χ4n) is 1.50. The summed E-state index contributed by atoms with van der Waals surface area (Å²) in [5.74, 6) is 1.55. The Labute approximate surface area is 78.8 Å². The second kappa shape index (κ2) is 3.40. The molecule has 0 aromatic heterocycles.